The molecule has 4 heteroatoms. The van der Waals surface area contributed by atoms with Crippen molar-refractivity contribution in [3.63, 3.8) is 0 Å². The largest absolute Gasteiger partial charge is 0.349 e. The van der Waals surface area contributed by atoms with Gasteiger partial charge in [-0.15, -0.1) is 0 Å². The summed E-state index contributed by atoms with van der Waals surface area (Å²) in [6.45, 7) is 1.04. The molecule has 1 unspecified atom stereocenters. The van der Waals surface area contributed by atoms with E-state index in [4.69, 9.17) is 0 Å². The van der Waals surface area contributed by atoms with Crippen molar-refractivity contribution in [3.8, 4) is 0 Å². The molecule has 1 aliphatic heterocycles. The topological polar surface area (TPSA) is 41.9 Å². The molecule has 1 aliphatic rings. The Morgan fingerprint density at radius 1 is 1.05 bits per heavy atom. The van der Waals surface area contributed by atoms with Crippen LogP contribution in [0.25, 0.3) is 10.9 Å². The SMILES string of the molecule is c1ccc(C2CCCN2c2ncnc3cnccc23)cc1. The van der Waals surface area contributed by atoms with Gasteiger partial charge in [-0.05, 0) is 24.5 Å². The van der Waals surface area contributed by atoms with Crippen LogP contribution in [-0.4, -0.2) is 21.5 Å². The molecular formula is C17H16N4. The number of anilines is 1. The molecule has 104 valence electrons. The van der Waals surface area contributed by atoms with E-state index in [0.717, 1.165) is 23.3 Å². The molecule has 3 heterocycles. The van der Waals surface area contributed by atoms with E-state index >= 15 is 0 Å². The number of fused-ring (bicyclic) bond motifs is 1. The smallest absolute Gasteiger partial charge is 0.140 e. The van der Waals surface area contributed by atoms with Crippen molar-refractivity contribution >= 4 is 16.7 Å². The second-order valence-electron chi connectivity index (χ2n) is 5.35. The third-order valence-corrected chi connectivity index (χ3v) is 4.13. The highest BCUT2D eigenvalue weighted by Gasteiger charge is 2.28. The van der Waals surface area contributed by atoms with E-state index in [1.54, 1.807) is 12.5 Å². The Kier molecular flexibility index (Phi) is 2.99. The summed E-state index contributed by atoms with van der Waals surface area (Å²) >= 11 is 0. The van der Waals surface area contributed by atoms with Crippen LogP contribution < -0.4 is 4.90 Å². The summed E-state index contributed by atoms with van der Waals surface area (Å²) in [7, 11) is 0. The number of pyridine rings is 1. The third kappa shape index (κ3) is 2.13. The maximum Gasteiger partial charge on any atom is 0.140 e. The highest BCUT2D eigenvalue weighted by Crippen LogP contribution is 2.37. The highest BCUT2D eigenvalue weighted by molar-refractivity contribution is 5.88. The van der Waals surface area contributed by atoms with Crippen molar-refractivity contribution in [2.75, 3.05) is 11.4 Å². The lowest BCUT2D eigenvalue weighted by atomic mass is 10.0. The molecule has 2 aromatic heterocycles. The van der Waals surface area contributed by atoms with Crippen LogP contribution in [-0.2, 0) is 0 Å². The Morgan fingerprint density at radius 3 is 2.86 bits per heavy atom. The van der Waals surface area contributed by atoms with Crippen molar-refractivity contribution in [2.45, 2.75) is 18.9 Å². The molecule has 1 atom stereocenters. The summed E-state index contributed by atoms with van der Waals surface area (Å²) in [5.74, 6) is 1.02. The number of rotatable bonds is 2. The first-order valence-electron chi connectivity index (χ1n) is 7.30. The molecule has 0 radical (unpaired) electrons. The van der Waals surface area contributed by atoms with Gasteiger partial charge >= 0.3 is 0 Å². The summed E-state index contributed by atoms with van der Waals surface area (Å²) in [6, 6.07) is 13.1. The van der Waals surface area contributed by atoms with Crippen LogP contribution in [0.1, 0.15) is 24.4 Å². The molecule has 1 fully saturated rings. The van der Waals surface area contributed by atoms with Gasteiger partial charge in [0.15, 0.2) is 0 Å². The first-order chi connectivity index (χ1) is 10.4. The molecule has 0 spiro atoms. The lowest BCUT2D eigenvalue weighted by Gasteiger charge is -2.26. The molecule has 0 saturated carbocycles. The van der Waals surface area contributed by atoms with Gasteiger partial charge in [-0.2, -0.15) is 0 Å². The number of benzene rings is 1. The molecule has 1 aromatic carbocycles. The molecule has 0 N–H and O–H groups in total. The van der Waals surface area contributed by atoms with Gasteiger partial charge in [0, 0.05) is 18.1 Å². The van der Waals surface area contributed by atoms with E-state index in [0.29, 0.717) is 6.04 Å². The Morgan fingerprint density at radius 2 is 1.95 bits per heavy atom. The molecule has 4 nitrogen and oxygen atoms in total. The fraction of sp³-hybridized carbons (Fsp3) is 0.235. The first kappa shape index (κ1) is 12.3. The molecule has 0 bridgehead atoms. The maximum absolute atomic E-state index is 4.55. The van der Waals surface area contributed by atoms with Gasteiger partial charge in [-0.3, -0.25) is 4.98 Å². The minimum atomic E-state index is 0.400. The van der Waals surface area contributed by atoms with E-state index in [9.17, 15) is 0 Å². The van der Waals surface area contributed by atoms with Crippen LogP contribution >= 0.6 is 0 Å². The van der Waals surface area contributed by atoms with Crippen LogP contribution in [0.15, 0.2) is 55.1 Å². The summed E-state index contributed by atoms with van der Waals surface area (Å²) in [5, 5.41) is 1.08. The zero-order valence-electron chi connectivity index (χ0n) is 11.7. The first-order valence-corrected chi connectivity index (χ1v) is 7.30. The molecule has 1 saturated heterocycles. The number of nitrogens with zero attached hydrogens (tertiary/aromatic N) is 4. The Hall–Kier alpha value is -2.49. The molecule has 0 amide bonds. The molecule has 3 aromatic rings. The van der Waals surface area contributed by atoms with Crippen molar-refractivity contribution < 1.29 is 0 Å². The van der Waals surface area contributed by atoms with Crippen molar-refractivity contribution in [1.82, 2.24) is 15.0 Å². The molecule has 21 heavy (non-hydrogen) atoms. The second kappa shape index (κ2) is 5.13. The fourth-order valence-electron chi connectivity index (χ4n) is 3.16. The van der Waals surface area contributed by atoms with Crippen LogP contribution in [0.3, 0.4) is 0 Å². The van der Waals surface area contributed by atoms with Crippen LogP contribution in [0.5, 0.6) is 0 Å². The fourth-order valence-corrected chi connectivity index (χ4v) is 3.16. The third-order valence-electron chi connectivity index (χ3n) is 4.13. The molecule has 4 rings (SSSR count). The van der Waals surface area contributed by atoms with Gasteiger partial charge in [0.25, 0.3) is 0 Å². The number of hydrogen-bond donors (Lipinski definition) is 0. The van der Waals surface area contributed by atoms with Crippen molar-refractivity contribution in [2.24, 2.45) is 0 Å². The van der Waals surface area contributed by atoms with Crippen LogP contribution in [0.4, 0.5) is 5.82 Å². The summed E-state index contributed by atoms with van der Waals surface area (Å²) < 4.78 is 0. The number of hydrogen-bond acceptors (Lipinski definition) is 4. The lowest BCUT2D eigenvalue weighted by molar-refractivity contribution is 0.713. The summed E-state index contributed by atoms with van der Waals surface area (Å²) in [6.07, 6.45) is 7.60. The second-order valence-corrected chi connectivity index (χ2v) is 5.35. The van der Waals surface area contributed by atoms with E-state index in [-0.39, 0.29) is 0 Å². The van der Waals surface area contributed by atoms with E-state index in [1.165, 1.54) is 18.4 Å². The summed E-state index contributed by atoms with van der Waals surface area (Å²) in [4.78, 5) is 15.4. The zero-order valence-corrected chi connectivity index (χ0v) is 11.7. The van der Waals surface area contributed by atoms with Gasteiger partial charge in [0.1, 0.15) is 12.1 Å². The minimum absolute atomic E-state index is 0.400. The zero-order chi connectivity index (χ0) is 14.1. The normalized spacial score (nSPS) is 18.3. The predicted octanol–water partition coefficient (Wildman–Crippen LogP) is 3.37. The summed E-state index contributed by atoms with van der Waals surface area (Å²) in [5.41, 5.74) is 2.26. The van der Waals surface area contributed by atoms with Gasteiger partial charge in [-0.1, -0.05) is 30.3 Å². The van der Waals surface area contributed by atoms with E-state index in [1.807, 2.05) is 12.3 Å². The standard InChI is InChI=1S/C17H16N4/c1-2-5-13(6-3-1)16-7-4-10-21(16)17-14-8-9-18-11-15(14)19-12-20-17/h1-3,5-6,8-9,11-12,16H,4,7,10H2. The highest BCUT2D eigenvalue weighted by atomic mass is 15.2. The van der Waals surface area contributed by atoms with Crippen molar-refractivity contribution in [3.05, 3.63) is 60.7 Å². The molecule has 0 aliphatic carbocycles. The predicted molar refractivity (Wildman–Crippen MR) is 83.1 cm³/mol. The van der Waals surface area contributed by atoms with E-state index in [2.05, 4.69) is 50.2 Å². The van der Waals surface area contributed by atoms with E-state index < -0.39 is 0 Å². The van der Waals surface area contributed by atoms with Gasteiger partial charge in [0.05, 0.1) is 17.8 Å². The lowest BCUT2D eigenvalue weighted by Crippen LogP contribution is -2.23. The van der Waals surface area contributed by atoms with Gasteiger partial charge in [-0.25, -0.2) is 9.97 Å². The van der Waals surface area contributed by atoms with Crippen LogP contribution in [0.2, 0.25) is 0 Å². The van der Waals surface area contributed by atoms with Crippen molar-refractivity contribution in [1.29, 1.82) is 0 Å². The quantitative estimate of drug-likeness (QED) is 0.719. The number of aromatic nitrogens is 3. The Bertz CT molecular complexity index is 752. The van der Waals surface area contributed by atoms with Crippen LogP contribution in [0, 0.1) is 0 Å². The maximum atomic E-state index is 4.55. The average molecular weight is 276 g/mol. The Balaban J connectivity index is 1.81. The van der Waals surface area contributed by atoms with Gasteiger partial charge < -0.3 is 4.90 Å². The average Bonchev–Trinajstić information content (AvgIpc) is 3.04. The minimum Gasteiger partial charge on any atom is -0.349 e. The Labute approximate surface area is 123 Å². The monoisotopic (exact) mass is 276 g/mol. The molecular weight excluding hydrogens is 260 g/mol. The van der Waals surface area contributed by atoms with Gasteiger partial charge in [0.2, 0.25) is 0 Å².